The van der Waals surface area contributed by atoms with E-state index in [4.69, 9.17) is 4.74 Å². The van der Waals surface area contributed by atoms with Crippen LogP contribution in [0.15, 0.2) is 12.1 Å². The third-order valence-corrected chi connectivity index (χ3v) is 2.02. The fourth-order valence-corrected chi connectivity index (χ4v) is 1.28. The topological polar surface area (TPSA) is 94.4 Å². The number of hydrogen-bond acceptors (Lipinski definition) is 6. The first-order valence-corrected chi connectivity index (χ1v) is 5.06. The summed E-state index contributed by atoms with van der Waals surface area (Å²) >= 11 is 0. The lowest BCUT2D eigenvalue weighted by Crippen LogP contribution is -2.11. The molecule has 92 valence electrons. The lowest BCUT2D eigenvalue weighted by molar-refractivity contribution is -0.385. The summed E-state index contributed by atoms with van der Waals surface area (Å²) < 4.78 is 4.73. The van der Waals surface area contributed by atoms with E-state index in [1.807, 2.05) is 0 Å². The van der Waals surface area contributed by atoms with Crippen LogP contribution in [0.4, 0.5) is 11.5 Å². The molecule has 1 aromatic heterocycles. The highest BCUT2D eigenvalue weighted by Gasteiger charge is 2.19. The maximum Gasteiger partial charge on any atom is 0.312 e. The minimum absolute atomic E-state index is 0.0975. The van der Waals surface area contributed by atoms with Gasteiger partial charge in [-0.25, -0.2) is 4.98 Å². The van der Waals surface area contributed by atoms with E-state index in [0.717, 1.165) is 0 Å². The number of anilines is 1. The number of rotatable bonds is 5. The van der Waals surface area contributed by atoms with Crippen LogP contribution in [0.1, 0.15) is 12.6 Å². The Kier molecular flexibility index (Phi) is 4.38. The molecule has 1 aromatic rings. The molecule has 0 saturated heterocycles. The second kappa shape index (κ2) is 5.78. The Morgan fingerprint density at radius 2 is 2.29 bits per heavy atom. The van der Waals surface area contributed by atoms with Gasteiger partial charge in [0.15, 0.2) is 0 Å². The summed E-state index contributed by atoms with van der Waals surface area (Å²) in [4.78, 5) is 25.4. The van der Waals surface area contributed by atoms with Gasteiger partial charge in [0.05, 0.1) is 18.0 Å². The first-order chi connectivity index (χ1) is 8.08. The third-order valence-electron chi connectivity index (χ3n) is 2.02. The van der Waals surface area contributed by atoms with Crippen LogP contribution in [0.2, 0.25) is 0 Å². The predicted octanol–water partition coefficient (Wildman–Crippen LogP) is 1.14. The molecule has 0 amide bonds. The Morgan fingerprint density at radius 3 is 2.82 bits per heavy atom. The van der Waals surface area contributed by atoms with Crippen LogP contribution < -0.4 is 5.32 Å². The van der Waals surface area contributed by atoms with Crippen molar-refractivity contribution in [1.29, 1.82) is 0 Å². The van der Waals surface area contributed by atoms with Gasteiger partial charge in [-0.1, -0.05) is 0 Å². The molecule has 0 fully saturated rings. The number of ether oxygens (including phenoxy) is 1. The Hall–Kier alpha value is -2.18. The van der Waals surface area contributed by atoms with Crippen molar-refractivity contribution < 1.29 is 14.5 Å². The number of aromatic nitrogens is 1. The maximum absolute atomic E-state index is 11.3. The van der Waals surface area contributed by atoms with E-state index in [9.17, 15) is 14.9 Å². The van der Waals surface area contributed by atoms with E-state index < -0.39 is 10.9 Å². The Balaban J connectivity index is 3.00. The molecular weight excluding hydrogens is 226 g/mol. The molecule has 0 atom stereocenters. The SMILES string of the molecule is CCOC(=O)Cc1nc(NC)ccc1[N+](=O)[O-]. The first-order valence-electron chi connectivity index (χ1n) is 5.06. The number of nitrogens with one attached hydrogen (secondary N) is 1. The predicted molar refractivity (Wildman–Crippen MR) is 60.8 cm³/mol. The van der Waals surface area contributed by atoms with Crippen molar-refractivity contribution in [3.63, 3.8) is 0 Å². The molecule has 0 aromatic carbocycles. The molecule has 0 spiro atoms. The number of esters is 1. The molecule has 0 aliphatic carbocycles. The van der Waals surface area contributed by atoms with Gasteiger partial charge in [-0.15, -0.1) is 0 Å². The van der Waals surface area contributed by atoms with Crippen molar-refractivity contribution in [3.8, 4) is 0 Å². The molecule has 1 heterocycles. The lowest BCUT2D eigenvalue weighted by Gasteiger charge is -2.05. The fraction of sp³-hybridized carbons (Fsp3) is 0.400. The van der Waals surface area contributed by atoms with Gasteiger partial charge in [0.1, 0.15) is 11.5 Å². The van der Waals surface area contributed by atoms with Crippen molar-refractivity contribution in [2.24, 2.45) is 0 Å². The summed E-state index contributed by atoms with van der Waals surface area (Å²) in [5.41, 5.74) is -0.0858. The van der Waals surface area contributed by atoms with Gasteiger partial charge in [0.2, 0.25) is 0 Å². The number of pyridine rings is 1. The van der Waals surface area contributed by atoms with Crippen LogP contribution in [-0.4, -0.2) is 29.5 Å². The standard InChI is InChI=1S/C10H13N3O4/c1-3-17-10(14)6-7-8(13(15)16)4-5-9(11-2)12-7/h4-5H,3,6H2,1-2H3,(H,11,12). The van der Waals surface area contributed by atoms with E-state index in [2.05, 4.69) is 10.3 Å². The number of nitro groups is 1. The fourth-order valence-electron chi connectivity index (χ4n) is 1.28. The number of carbonyl (C=O) groups is 1. The van der Waals surface area contributed by atoms with Crippen LogP contribution in [0.5, 0.6) is 0 Å². The minimum atomic E-state index is -0.568. The van der Waals surface area contributed by atoms with Gasteiger partial charge in [0, 0.05) is 13.1 Å². The highest BCUT2D eigenvalue weighted by molar-refractivity contribution is 5.73. The molecule has 0 radical (unpaired) electrons. The van der Waals surface area contributed by atoms with Crippen molar-refractivity contribution in [1.82, 2.24) is 4.98 Å². The van der Waals surface area contributed by atoms with Crippen LogP contribution in [-0.2, 0) is 16.0 Å². The molecule has 1 rings (SSSR count). The summed E-state index contributed by atoms with van der Waals surface area (Å²) in [5, 5.41) is 13.5. The zero-order valence-electron chi connectivity index (χ0n) is 9.60. The average molecular weight is 239 g/mol. The Labute approximate surface area is 98.0 Å². The average Bonchev–Trinajstić information content (AvgIpc) is 2.28. The van der Waals surface area contributed by atoms with Gasteiger partial charge >= 0.3 is 5.97 Å². The molecule has 0 aliphatic rings. The van der Waals surface area contributed by atoms with Gasteiger partial charge in [0.25, 0.3) is 5.69 Å². The largest absolute Gasteiger partial charge is 0.466 e. The zero-order valence-corrected chi connectivity index (χ0v) is 9.60. The van der Waals surface area contributed by atoms with E-state index in [1.54, 1.807) is 14.0 Å². The Morgan fingerprint density at radius 1 is 1.59 bits per heavy atom. The molecule has 7 heteroatoms. The normalized spacial score (nSPS) is 9.76. The maximum atomic E-state index is 11.3. The van der Waals surface area contributed by atoms with Crippen molar-refractivity contribution in [2.45, 2.75) is 13.3 Å². The molecule has 0 saturated carbocycles. The van der Waals surface area contributed by atoms with Crippen LogP contribution in [0.3, 0.4) is 0 Å². The summed E-state index contributed by atoms with van der Waals surface area (Å²) in [6, 6.07) is 2.79. The quantitative estimate of drug-likeness (QED) is 0.470. The molecule has 0 unspecified atom stereocenters. The Bertz CT molecular complexity index is 434. The molecule has 0 bridgehead atoms. The third kappa shape index (κ3) is 3.40. The lowest BCUT2D eigenvalue weighted by atomic mass is 10.2. The van der Waals surface area contributed by atoms with Crippen LogP contribution in [0, 0.1) is 10.1 Å². The molecule has 7 nitrogen and oxygen atoms in total. The van der Waals surface area contributed by atoms with Crippen LogP contribution in [0.25, 0.3) is 0 Å². The van der Waals surface area contributed by atoms with Gasteiger partial charge in [-0.05, 0) is 13.0 Å². The second-order valence-electron chi connectivity index (χ2n) is 3.15. The molecule has 17 heavy (non-hydrogen) atoms. The van der Waals surface area contributed by atoms with Gasteiger partial charge < -0.3 is 10.1 Å². The van der Waals surface area contributed by atoms with Gasteiger partial charge in [-0.2, -0.15) is 0 Å². The molecular formula is C10H13N3O4. The summed E-state index contributed by atoms with van der Waals surface area (Å²) in [6.07, 6.45) is -0.209. The highest BCUT2D eigenvalue weighted by Crippen LogP contribution is 2.19. The van der Waals surface area contributed by atoms with Gasteiger partial charge in [-0.3, -0.25) is 14.9 Å². The van der Waals surface area contributed by atoms with Crippen molar-refractivity contribution >= 4 is 17.5 Å². The summed E-state index contributed by atoms with van der Waals surface area (Å²) in [6.45, 7) is 1.90. The molecule has 1 N–H and O–H groups in total. The van der Waals surface area contributed by atoms with E-state index in [0.29, 0.717) is 5.82 Å². The second-order valence-corrected chi connectivity index (χ2v) is 3.15. The number of carbonyl (C=O) groups excluding carboxylic acids is 1. The highest BCUT2D eigenvalue weighted by atomic mass is 16.6. The summed E-state index contributed by atoms with van der Waals surface area (Å²) in [5.74, 6) is -0.0637. The monoisotopic (exact) mass is 239 g/mol. The molecule has 0 aliphatic heterocycles. The van der Waals surface area contributed by atoms with Crippen molar-refractivity contribution in [3.05, 3.63) is 27.9 Å². The zero-order chi connectivity index (χ0) is 12.8. The minimum Gasteiger partial charge on any atom is -0.466 e. The number of nitrogens with zero attached hydrogens (tertiary/aromatic N) is 2. The van der Waals surface area contributed by atoms with E-state index >= 15 is 0 Å². The first kappa shape index (κ1) is 12.9. The van der Waals surface area contributed by atoms with E-state index in [-0.39, 0.29) is 24.4 Å². The number of hydrogen-bond donors (Lipinski definition) is 1. The van der Waals surface area contributed by atoms with Crippen LogP contribution >= 0.6 is 0 Å². The van der Waals surface area contributed by atoms with Crippen molar-refractivity contribution in [2.75, 3.05) is 19.0 Å². The smallest absolute Gasteiger partial charge is 0.312 e. The summed E-state index contributed by atoms with van der Waals surface area (Å²) in [7, 11) is 1.64. The van der Waals surface area contributed by atoms with E-state index in [1.165, 1.54) is 12.1 Å².